The second-order valence-corrected chi connectivity index (χ2v) is 14.0. The van der Waals surface area contributed by atoms with Gasteiger partial charge in [0.25, 0.3) is 0 Å². The van der Waals surface area contributed by atoms with E-state index >= 15 is 0 Å². The molecular weight excluding hydrogens is 632 g/mol. The lowest BCUT2D eigenvalue weighted by molar-refractivity contribution is 0.0564. The SMILES string of the molecule is COC(=O)c1ccccc1S(=O)(=O)N(Cc1ccc(C(F)(F)P(=O)(O)O)cc1)Cc1ccc(C(F)(F)P(=O)(O)O)cc1. The molecule has 11 nitrogen and oxygen atoms in total. The molecule has 3 aromatic carbocycles. The van der Waals surface area contributed by atoms with E-state index in [1.54, 1.807) is 0 Å². The zero-order chi connectivity index (χ0) is 31.7. The average molecular weight is 655 g/mol. The molecule has 0 aromatic heterocycles. The van der Waals surface area contributed by atoms with Crippen LogP contribution in [-0.2, 0) is 48.3 Å². The van der Waals surface area contributed by atoms with Crippen LogP contribution in [-0.4, -0.2) is 45.4 Å². The maximum Gasteiger partial charge on any atom is 0.399 e. The summed E-state index contributed by atoms with van der Waals surface area (Å²) >= 11 is 0. The number of benzene rings is 3. The molecule has 0 fully saturated rings. The number of ether oxygens (including phenoxy) is 1. The van der Waals surface area contributed by atoms with Gasteiger partial charge in [-0.15, -0.1) is 0 Å². The molecule has 0 saturated heterocycles. The molecule has 0 unspecified atom stereocenters. The zero-order valence-corrected chi connectivity index (χ0v) is 23.9. The monoisotopic (exact) mass is 655 g/mol. The van der Waals surface area contributed by atoms with Gasteiger partial charge in [0.1, 0.15) is 0 Å². The van der Waals surface area contributed by atoms with Crippen LogP contribution in [0.1, 0.15) is 32.6 Å². The Morgan fingerprint density at radius 3 is 1.50 bits per heavy atom. The fourth-order valence-corrected chi connectivity index (χ4v) is 6.27. The molecule has 0 aliphatic carbocycles. The molecule has 3 aromatic rings. The minimum atomic E-state index is -5.88. The maximum atomic E-state index is 14.1. The van der Waals surface area contributed by atoms with E-state index in [9.17, 15) is 39.9 Å². The quantitative estimate of drug-likeness (QED) is 0.132. The third-order valence-corrected chi connectivity index (χ3v) is 9.79. The number of rotatable bonds is 11. The second kappa shape index (κ2) is 12.0. The van der Waals surface area contributed by atoms with E-state index in [-0.39, 0.29) is 16.7 Å². The van der Waals surface area contributed by atoms with Gasteiger partial charge >= 0.3 is 32.5 Å². The standard InChI is InChI=1S/C24H23F4NO10P2S/c1-39-22(30)20-4-2-3-5-21(20)42(37,38)29(14-16-6-10-18(11-7-16)23(25,26)40(31,32)33)15-17-8-12-19(13-9-17)24(27,28)41(34,35)36/h2-13H,14-15H2,1H3,(H2,31,32,33)(H2,34,35,36). The Bertz CT molecular complexity index is 1580. The lowest BCUT2D eigenvalue weighted by Crippen LogP contribution is -2.31. The van der Waals surface area contributed by atoms with Crippen LogP contribution in [0.25, 0.3) is 0 Å². The summed E-state index contributed by atoms with van der Waals surface area (Å²) in [6.45, 7) is -1.11. The smallest absolute Gasteiger partial charge is 0.399 e. The van der Waals surface area contributed by atoms with Crippen molar-refractivity contribution >= 4 is 31.2 Å². The van der Waals surface area contributed by atoms with Crippen molar-refractivity contribution in [3.05, 3.63) is 101 Å². The summed E-state index contributed by atoms with van der Waals surface area (Å²) < 4.78 is 112. The fraction of sp³-hybridized carbons (Fsp3) is 0.208. The number of hydrogen-bond donors (Lipinski definition) is 4. The topological polar surface area (TPSA) is 179 Å². The van der Waals surface area contributed by atoms with Gasteiger partial charge in [0, 0.05) is 24.2 Å². The Morgan fingerprint density at radius 2 is 1.14 bits per heavy atom. The molecule has 42 heavy (non-hydrogen) atoms. The highest BCUT2D eigenvalue weighted by Crippen LogP contribution is 2.60. The van der Waals surface area contributed by atoms with E-state index in [2.05, 4.69) is 4.74 Å². The van der Waals surface area contributed by atoms with Crippen LogP contribution in [0.3, 0.4) is 0 Å². The van der Waals surface area contributed by atoms with Crippen LogP contribution in [0.5, 0.6) is 0 Å². The summed E-state index contributed by atoms with van der Waals surface area (Å²) in [6.07, 6.45) is 0. The fourth-order valence-electron chi connectivity index (χ4n) is 3.70. The Labute approximate surface area is 236 Å². The molecule has 4 N–H and O–H groups in total. The summed E-state index contributed by atoms with van der Waals surface area (Å²) in [4.78, 5) is 47.6. The van der Waals surface area contributed by atoms with Gasteiger partial charge in [0.15, 0.2) is 0 Å². The molecule has 18 heteroatoms. The van der Waals surface area contributed by atoms with E-state index in [1.807, 2.05) is 0 Å². The van der Waals surface area contributed by atoms with E-state index in [1.165, 1.54) is 18.2 Å². The molecule has 0 aliphatic rings. The van der Waals surface area contributed by atoms with Crippen LogP contribution < -0.4 is 0 Å². The van der Waals surface area contributed by atoms with Crippen LogP contribution in [0.2, 0.25) is 0 Å². The van der Waals surface area contributed by atoms with Crippen molar-refractivity contribution in [2.45, 2.75) is 29.3 Å². The van der Waals surface area contributed by atoms with Gasteiger partial charge in [-0.05, 0) is 23.3 Å². The molecule has 3 rings (SSSR count). The predicted molar refractivity (Wildman–Crippen MR) is 139 cm³/mol. The lowest BCUT2D eigenvalue weighted by Gasteiger charge is -2.24. The Hall–Kier alpha value is -2.94. The number of sulfonamides is 1. The van der Waals surface area contributed by atoms with Crippen molar-refractivity contribution in [2.24, 2.45) is 0 Å². The van der Waals surface area contributed by atoms with E-state index < -0.39 is 71.6 Å². The van der Waals surface area contributed by atoms with Gasteiger partial charge in [-0.2, -0.15) is 21.9 Å². The van der Waals surface area contributed by atoms with Crippen LogP contribution in [0, 0.1) is 0 Å². The molecule has 0 atom stereocenters. The van der Waals surface area contributed by atoms with Gasteiger partial charge in [-0.1, -0.05) is 60.7 Å². The molecule has 0 spiro atoms. The summed E-state index contributed by atoms with van der Waals surface area (Å²) in [5.41, 5.74) is -11.3. The van der Waals surface area contributed by atoms with E-state index in [0.29, 0.717) is 24.3 Å². The van der Waals surface area contributed by atoms with E-state index in [0.717, 1.165) is 41.7 Å². The number of halogens is 4. The summed E-state index contributed by atoms with van der Waals surface area (Å²) in [7, 11) is -15.4. The Balaban J connectivity index is 2.06. The number of alkyl halides is 4. The summed E-state index contributed by atoms with van der Waals surface area (Å²) in [5, 5.41) is 0. The normalized spacial score (nSPS) is 13.3. The average Bonchev–Trinajstić information content (AvgIpc) is 2.91. The second-order valence-electron chi connectivity index (χ2n) is 8.83. The van der Waals surface area contributed by atoms with Crippen molar-refractivity contribution in [3.8, 4) is 0 Å². The summed E-state index contributed by atoms with van der Waals surface area (Å²) in [5.74, 6) is -0.998. The van der Waals surface area contributed by atoms with Gasteiger partial charge in [0.2, 0.25) is 10.0 Å². The number of esters is 1. The highest BCUT2D eigenvalue weighted by molar-refractivity contribution is 7.89. The molecule has 0 heterocycles. The van der Waals surface area contributed by atoms with Gasteiger partial charge in [-0.25, -0.2) is 13.2 Å². The van der Waals surface area contributed by atoms with Crippen molar-refractivity contribution in [1.82, 2.24) is 4.31 Å². The Kier molecular flexibility index (Phi) is 9.57. The number of hydrogen-bond acceptors (Lipinski definition) is 6. The van der Waals surface area contributed by atoms with Crippen LogP contribution in [0.15, 0.2) is 77.7 Å². The van der Waals surface area contributed by atoms with Crippen molar-refractivity contribution in [3.63, 3.8) is 0 Å². The van der Waals surface area contributed by atoms with Crippen molar-refractivity contribution in [2.75, 3.05) is 7.11 Å². The number of carbonyl (C=O) groups is 1. The predicted octanol–water partition coefficient (Wildman–Crippen LogP) is 4.32. The van der Waals surface area contributed by atoms with Crippen LogP contribution >= 0.6 is 15.2 Å². The minimum Gasteiger partial charge on any atom is -0.465 e. The molecule has 0 bridgehead atoms. The first-order chi connectivity index (χ1) is 19.2. The van der Waals surface area contributed by atoms with Gasteiger partial charge in [0.05, 0.1) is 17.6 Å². The maximum absolute atomic E-state index is 14.1. The van der Waals surface area contributed by atoms with Gasteiger partial charge in [-0.3, -0.25) is 9.13 Å². The lowest BCUT2D eigenvalue weighted by atomic mass is 10.1. The molecule has 228 valence electrons. The summed E-state index contributed by atoms with van der Waals surface area (Å²) in [6, 6.07) is 11.7. The largest absolute Gasteiger partial charge is 0.465 e. The molecule has 0 amide bonds. The van der Waals surface area contributed by atoms with Gasteiger partial charge < -0.3 is 24.3 Å². The zero-order valence-electron chi connectivity index (χ0n) is 21.3. The first kappa shape index (κ1) is 33.6. The van der Waals surface area contributed by atoms with E-state index in [4.69, 9.17) is 19.6 Å². The highest BCUT2D eigenvalue weighted by atomic mass is 32.2. The number of methoxy groups -OCH3 is 1. The number of carbonyl (C=O) groups excluding carboxylic acids is 1. The van der Waals surface area contributed by atoms with Crippen molar-refractivity contribution < 1.29 is 64.2 Å². The Morgan fingerprint density at radius 1 is 0.762 bits per heavy atom. The third kappa shape index (κ3) is 6.82. The van der Waals surface area contributed by atoms with Crippen LogP contribution in [0.4, 0.5) is 17.6 Å². The molecule has 0 saturated carbocycles. The highest BCUT2D eigenvalue weighted by Gasteiger charge is 2.51. The number of nitrogens with zero attached hydrogens (tertiary/aromatic N) is 1. The van der Waals surface area contributed by atoms with Crippen molar-refractivity contribution in [1.29, 1.82) is 0 Å². The minimum absolute atomic E-state index is 0.0593. The first-order valence-corrected chi connectivity index (χ1v) is 16.1. The molecular formula is C24H23F4NO10P2S. The molecule has 0 radical (unpaired) electrons. The third-order valence-electron chi connectivity index (χ3n) is 5.96. The molecule has 0 aliphatic heterocycles. The first-order valence-electron chi connectivity index (χ1n) is 11.5.